The third-order valence-corrected chi connectivity index (χ3v) is 7.75. The lowest BCUT2D eigenvalue weighted by atomic mass is 10.2. The molecule has 2 aromatic rings. The molecule has 2 aromatic carbocycles. The normalized spacial score (nSPS) is 20.2. The van der Waals surface area contributed by atoms with Crippen LogP contribution in [0.1, 0.15) is 19.4 Å². The number of fused-ring (bicyclic) bond motifs is 1. The molecule has 150 valence electrons. The van der Waals surface area contributed by atoms with E-state index in [1.807, 2.05) is 50.2 Å². The predicted molar refractivity (Wildman–Crippen MR) is 126 cm³/mol. The van der Waals surface area contributed by atoms with Gasteiger partial charge >= 0.3 is 0 Å². The van der Waals surface area contributed by atoms with Gasteiger partial charge in [-0.25, -0.2) is 4.99 Å². The monoisotopic (exact) mass is 463 g/mol. The van der Waals surface area contributed by atoms with Crippen molar-refractivity contribution < 1.29 is 4.79 Å². The highest BCUT2D eigenvalue weighted by molar-refractivity contribution is 8.19. The van der Waals surface area contributed by atoms with Crippen molar-refractivity contribution in [1.82, 2.24) is 4.90 Å². The second-order valence-corrected chi connectivity index (χ2v) is 9.42. The van der Waals surface area contributed by atoms with Crippen molar-refractivity contribution in [3.63, 3.8) is 0 Å². The third-order valence-electron chi connectivity index (χ3n) is 4.73. The Hall–Kier alpha value is -1.60. The van der Waals surface area contributed by atoms with Gasteiger partial charge in [0, 0.05) is 28.0 Å². The number of likely N-dealkylation sites (N-methyl/N-ethyl adjacent to an activating group) is 1. The average Bonchev–Trinajstić information content (AvgIpc) is 3.21. The fraction of sp³-hybridized carbons (Fsp3) is 0.238. The molecule has 0 unspecified atom stereocenters. The van der Waals surface area contributed by atoms with Crippen LogP contribution in [0.3, 0.4) is 0 Å². The molecule has 29 heavy (non-hydrogen) atoms. The highest BCUT2D eigenvalue weighted by Crippen LogP contribution is 2.51. The number of aryl methyl sites for hydroxylation is 1. The number of halogens is 2. The van der Waals surface area contributed by atoms with E-state index in [0.717, 1.165) is 33.4 Å². The molecule has 0 spiro atoms. The van der Waals surface area contributed by atoms with Crippen LogP contribution in [0.15, 0.2) is 56.2 Å². The summed E-state index contributed by atoms with van der Waals surface area (Å²) in [7, 11) is 0. The van der Waals surface area contributed by atoms with Gasteiger partial charge in [0.05, 0.1) is 11.4 Å². The van der Waals surface area contributed by atoms with Gasteiger partial charge in [-0.05, 0) is 68.4 Å². The molecule has 4 rings (SSSR count). The van der Waals surface area contributed by atoms with Gasteiger partial charge in [0.1, 0.15) is 9.93 Å². The Bertz CT molecular complexity index is 1070. The Labute approximate surface area is 189 Å². The molecular weight excluding hydrogens is 445 g/mol. The van der Waals surface area contributed by atoms with Gasteiger partial charge in [0.25, 0.3) is 5.91 Å². The number of hydrogen-bond acceptors (Lipinski definition) is 5. The quantitative estimate of drug-likeness (QED) is 0.475. The van der Waals surface area contributed by atoms with Crippen LogP contribution >= 0.6 is 46.7 Å². The molecule has 0 saturated carbocycles. The number of nitrogens with zero attached hydrogens (tertiary/aromatic N) is 3. The Morgan fingerprint density at radius 1 is 1.00 bits per heavy atom. The van der Waals surface area contributed by atoms with E-state index >= 15 is 0 Å². The SMILES string of the molecule is CCN1C(=O)/C(=C2/Sc3ccc(Cl)cc3N2CC)SC1=Nc1ccc(C)c(Cl)c1. The van der Waals surface area contributed by atoms with Gasteiger partial charge in [0.2, 0.25) is 0 Å². The molecule has 1 fully saturated rings. The van der Waals surface area contributed by atoms with Crippen LogP contribution in [-0.4, -0.2) is 29.1 Å². The molecule has 0 bridgehead atoms. The fourth-order valence-electron chi connectivity index (χ4n) is 3.20. The van der Waals surface area contributed by atoms with Gasteiger partial charge in [-0.2, -0.15) is 0 Å². The second kappa shape index (κ2) is 8.26. The molecule has 0 N–H and O–H groups in total. The molecule has 1 amide bonds. The van der Waals surface area contributed by atoms with E-state index in [4.69, 9.17) is 28.2 Å². The predicted octanol–water partition coefficient (Wildman–Crippen LogP) is 6.69. The molecule has 1 saturated heterocycles. The van der Waals surface area contributed by atoms with Crippen LogP contribution in [0.5, 0.6) is 0 Å². The first kappa shape index (κ1) is 20.7. The Balaban J connectivity index is 1.75. The minimum absolute atomic E-state index is 0.0192. The van der Waals surface area contributed by atoms with E-state index in [1.54, 1.807) is 16.7 Å². The molecule has 2 aliphatic heterocycles. The Kier molecular flexibility index (Phi) is 5.89. The summed E-state index contributed by atoms with van der Waals surface area (Å²) in [6.07, 6.45) is 0. The van der Waals surface area contributed by atoms with Crippen LogP contribution in [0.2, 0.25) is 10.0 Å². The van der Waals surface area contributed by atoms with E-state index in [1.165, 1.54) is 11.8 Å². The second-order valence-electron chi connectivity index (χ2n) is 6.57. The summed E-state index contributed by atoms with van der Waals surface area (Å²) in [5.41, 5.74) is 2.78. The van der Waals surface area contributed by atoms with Gasteiger partial charge in [-0.15, -0.1) is 0 Å². The smallest absolute Gasteiger partial charge is 0.269 e. The zero-order valence-corrected chi connectivity index (χ0v) is 19.3. The number of anilines is 1. The summed E-state index contributed by atoms with van der Waals surface area (Å²) in [6, 6.07) is 11.5. The van der Waals surface area contributed by atoms with Crippen LogP contribution in [0.4, 0.5) is 11.4 Å². The topological polar surface area (TPSA) is 35.9 Å². The van der Waals surface area contributed by atoms with Crippen molar-refractivity contribution in [3.05, 3.63) is 61.9 Å². The minimum atomic E-state index is -0.0192. The van der Waals surface area contributed by atoms with Gasteiger partial charge < -0.3 is 4.90 Å². The van der Waals surface area contributed by atoms with E-state index in [-0.39, 0.29) is 5.91 Å². The lowest BCUT2D eigenvalue weighted by Crippen LogP contribution is -2.29. The minimum Gasteiger partial charge on any atom is -0.334 e. The van der Waals surface area contributed by atoms with E-state index in [0.29, 0.717) is 26.7 Å². The first-order valence-electron chi connectivity index (χ1n) is 9.26. The van der Waals surface area contributed by atoms with Gasteiger partial charge in [0.15, 0.2) is 5.17 Å². The summed E-state index contributed by atoms with van der Waals surface area (Å²) < 4.78 is 0. The summed E-state index contributed by atoms with van der Waals surface area (Å²) in [4.78, 5) is 23.6. The van der Waals surface area contributed by atoms with E-state index in [2.05, 4.69) is 11.8 Å². The molecule has 0 atom stereocenters. The lowest BCUT2D eigenvalue weighted by molar-refractivity contribution is -0.122. The van der Waals surface area contributed by atoms with Crippen molar-refractivity contribution in [2.75, 3.05) is 18.0 Å². The zero-order valence-electron chi connectivity index (χ0n) is 16.2. The Morgan fingerprint density at radius 2 is 1.76 bits per heavy atom. The number of amidine groups is 1. The standard InChI is InChI=1S/C21H19Cl2N3OS2/c1-4-25-16-10-13(22)7-9-17(16)28-20(25)18-19(27)26(5-2)21(29-18)24-14-8-6-12(3)15(23)11-14/h6-11H,4-5H2,1-3H3/b20-18-,24-21?. The zero-order chi connectivity index (χ0) is 20.7. The van der Waals surface area contributed by atoms with E-state index in [9.17, 15) is 4.79 Å². The van der Waals surface area contributed by atoms with Crippen LogP contribution in [0.25, 0.3) is 0 Å². The summed E-state index contributed by atoms with van der Waals surface area (Å²) >= 11 is 15.5. The number of benzene rings is 2. The average molecular weight is 464 g/mol. The van der Waals surface area contributed by atoms with Crippen LogP contribution < -0.4 is 4.90 Å². The number of hydrogen-bond donors (Lipinski definition) is 0. The highest BCUT2D eigenvalue weighted by Gasteiger charge is 2.39. The van der Waals surface area contributed by atoms with Crippen molar-refractivity contribution in [2.45, 2.75) is 25.7 Å². The molecule has 0 aliphatic carbocycles. The summed E-state index contributed by atoms with van der Waals surface area (Å²) in [6.45, 7) is 7.28. The van der Waals surface area contributed by atoms with Crippen molar-refractivity contribution in [1.29, 1.82) is 0 Å². The van der Waals surface area contributed by atoms with Crippen molar-refractivity contribution in [3.8, 4) is 0 Å². The maximum atomic E-state index is 13.2. The first-order valence-corrected chi connectivity index (χ1v) is 11.7. The third kappa shape index (κ3) is 3.79. The summed E-state index contributed by atoms with van der Waals surface area (Å²) in [5, 5.41) is 2.96. The molecule has 0 radical (unpaired) electrons. The number of carbonyl (C=O) groups excluding carboxylic acids is 1. The van der Waals surface area contributed by atoms with Gasteiger partial charge in [-0.1, -0.05) is 41.0 Å². The largest absolute Gasteiger partial charge is 0.334 e. The molecular formula is C21H19Cl2N3OS2. The molecule has 2 heterocycles. The summed E-state index contributed by atoms with van der Waals surface area (Å²) in [5.74, 6) is -0.0192. The van der Waals surface area contributed by atoms with Crippen molar-refractivity contribution >= 4 is 69.2 Å². The maximum absolute atomic E-state index is 13.2. The number of aliphatic imine (C=N–C) groups is 1. The lowest BCUT2D eigenvalue weighted by Gasteiger charge is -2.19. The molecule has 4 nitrogen and oxygen atoms in total. The van der Waals surface area contributed by atoms with Crippen molar-refractivity contribution in [2.24, 2.45) is 4.99 Å². The molecule has 0 aromatic heterocycles. The number of rotatable bonds is 3. The van der Waals surface area contributed by atoms with Crippen LogP contribution in [0, 0.1) is 6.92 Å². The number of amides is 1. The van der Waals surface area contributed by atoms with Crippen LogP contribution in [-0.2, 0) is 4.79 Å². The molecule has 8 heteroatoms. The fourth-order valence-corrected chi connectivity index (χ4v) is 5.98. The van der Waals surface area contributed by atoms with E-state index < -0.39 is 0 Å². The number of thioether (sulfide) groups is 2. The first-order chi connectivity index (χ1) is 13.9. The molecule has 2 aliphatic rings. The maximum Gasteiger partial charge on any atom is 0.269 e. The number of carbonyl (C=O) groups is 1. The Morgan fingerprint density at radius 3 is 2.45 bits per heavy atom. The van der Waals surface area contributed by atoms with Gasteiger partial charge in [-0.3, -0.25) is 9.69 Å². The highest BCUT2D eigenvalue weighted by atomic mass is 35.5.